The topological polar surface area (TPSA) is 57.5 Å². The van der Waals surface area contributed by atoms with Crippen LogP contribution in [0.15, 0.2) is 29.2 Å². The molecule has 2 unspecified atom stereocenters. The first-order valence-corrected chi connectivity index (χ1v) is 6.73. The molecule has 0 aliphatic heterocycles. The molecular weight excluding hydrogens is 236 g/mol. The lowest BCUT2D eigenvalue weighted by Crippen LogP contribution is -2.26. The van der Waals surface area contributed by atoms with Gasteiger partial charge in [0.15, 0.2) is 0 Å². The van der Waals surface area contributed by atoms with Crippen LogP contribution in [0.5, 0.6) is 0 Å². The number of aliphatic hydroxyl groups excluding tert-OH is 1. The van der Waals surface area contributed by atoms with Gasteiger partial charge in [0.1, 0.15) is 0 Å². The maximum atomic E-state index is 10.7. The van der Waals surface area contributed by atoms with Crippen molar-refractivity contribution in [2.75, 3.05) is 0 Å². The molecule has 0 heterocycles. The molecular formula is C13H16O3S. The van der Waals surface area contributed by atoms with Crippen LogP contribution < -0.4 is 0 Å². The summed E-state index contributed by atoms with van der Waals surface area (Å²) in [7, 11) is 0. The van der Waals surface area contributed by atoms with Gasteiger partial charge in [0.05, 0.1) is 11.7 Å². The summed E-state index contributed by atoms with van der Waals surface area (Å²) in [4.78, 5) is 11.7. The van der Waals surface area contributed by atoms with Crippen LogP contribution in [-0.4, -0.2) is 27.5 Å². The van der Waals surface area contributed by atoms with Gasteiger partial charge in [-0.15, -0.1) is 11.8 Å². The second-order valence-electron chi connectivity index (χ2n) is 4.34. The maximum absolute atomic E-state index is 10.7. The van der Waals surface area contributed by atoms with Crippen LogP contribution >= 0.6 is 11.8 Å². The van der Waals surface area contributed by atoms with Gasteiger partial charge in [-0.25, -0.2) is 4.79 Å². The Morgan fingerprint density at radius 3 is 2.41 bits per heavy atom. The largest absolute Gasteiger partial charge is 0.478 e. The summed E-state index contributed by atoms with van der Waals surface area (Å²) < 4.78 is 0. The Hall–Kier alpha value is -1.00. The molecule has 4 heteroatoms. The van der Waals surface area contributed by atoms with Gasteiger partial charge < -0.3 is 10.2 Å². The van der Waals surface area contributed by atoms with Crippen molar-refractivity contribution in [3.63, 3.8) is 0 Å². The number of hydrogen-bond acceptors (Lipinski definition) is 3. The zero-order chi connectivity index (χ0) is 12.3. The van der Waals surface area contributed by atoms with Gasteiger partial charge in [-0.3, -0.25) is 0 Å². The van der Waals surface area contributed by atoms with E-state index >= 15 is 0 Å². The summed E-state index contributed by atoms with van der Waals surface area (Å²) >= 11 is 1.65. The predicted octanol–water partition coefficient (Wildman–Crippen LogP) is 2.78. The van der Waals surface area contributed by atoms with E-state index in [1.54, 1.807) is 23.9 Å². The fourth-order valence-electron chi connectivity index (χ4n) is 2.07. The molecule has 0 radical (unpaired) electrons. The summed E-state index contributed by atoms with van der Waals surface area (Å²) in [5.41, 5.74) is 0.304. The van der Waals surface area contributed by atoms with Crippen LogP contribution in [-0.2, 0) is 0 Å². The van der Waals surface area contributed by atoms with Crippen LogP contribution in [0.2, 0.25) is 0 Å². The minimum atomic E-state index is -0.903. The number of rotatable bonds is 3. The Bertz CT molecular complexity index is 388. The molecule has 92 valence electrons. The van der Waals surface area contributed by atoms with E-state index in [1.807, 2.05) is 12.1 Å². The maximum Gasteiger partial charge on any atom is 0.335 e. The number of aliphatic hydroxyl groups is 1. The molecule has 1 aliphatic rings. The molecule has 3 nitrogen and oxygen atoms in total. The first-order valence-electron chi connectivity index (χ1n) is 5.85. The number of benzene rings is 1. The highest BCUT2D eigenvalue weighted by atomic mass is 32.2. The Morgan fingerprint density at radius 1 is 1.18 bits per heavy atom. The van der Waals surface area contributed by atoms with E-state index < -0.39 is 5.97 Å². The molecule has 2 N–H and O–H groups in total. The molecule has 1 aromatic rings. The highest BCUT2D eigenvalue weighted by molar-refractivity contribution is 8.00. The quantitative estimate of drug-likeness (QED) is 0.868. The molecule has 1 aliphatic carbocycles. The van der Waals surface area contributed by atoms with Crippen molar-refractivity contribution in [3.05, 3.63) is 29.8 Å². The average molecular weight is 252 g/mol. The number of aromatic carboxylic acids is 1. The van der Waals surface area contributed by atoms with E-state index in [-0.39, 0.29) is 11.4 Å². The summed E-state index contributed by atoms with van der Waals surface area (Å²) in [6.07, 6.45) is 3.96. The molecule has 2 rings (SSSR count). The molecule has 0 bridgehead atoms. The zero-order valence-electron chi connectivity index (χ0n) is 9.50. The Labute approximate surface area is 105 Å². The number of thioether (sulfide) groups is 1. The number of carboxylic acid groups (broad SMARTS) is 1. The molecule has 0 saturated heterocycles. The van der Waals surface area contributed by atoms with Gasteiger partial charge >= 0.3 is 5.97 Å². The van der Waals surface area contributed by atoms with Crippen molar-refractivity contribution in [2.24, 2.45) is 0 Å². The van der Waals surface area contributed by atoms with Gasteiger partial charge in [-0.2, -0.15) is 0 Å². The predicted molar refractivity (Wildman–Crippen MR) is 67.5 cm³/mol. The minimum Gasteiger partial charge on any atom is -0.478 e. The number of carbonyl (C=O) groups is 1. The van der Waals surface area contributed by atoms with E-state index in [0.717, 1.165) is 24.2 Å². The fraction of sp³-hybridized carbons (Fsp3) is 0.462. The van der Waals surface area contributed by atoms with E-state index in [9.17, 15) is 9.90 Å². The second-order valence-corrected chi connectivity index (χ2v) is 5.65. The molecule has 17 heavy (non-hydrogen) atoms. The monoisotopic (exact) mass is 252 g/mol. The summed E-state index contributed by atoms with van der Waals surface area (Å²) in [5.74, 6) is -0.903. The smallest absolute Gasteiger partial charge is 0.335 e. The van der Waals surface area contributed by atoms with E-state index in [2.05, 4.69) is 0 Å². The summed E-state index contributed by atoms with van der Waals surface area (Å²) in [5, 5.41) is 18.9. The summed E-state index contributed by atoms with van der Waals surface area (Å²) in [6.45, 7) is 0. The highest BCUT2D eigenvalue weighted by Crippen LogP contribution is 2.33. The molecule has 0 amide bonds. The molecule has 0 aromatic heterocycles. The van der Waals surface area contributed by atoms with Crippen LogP contribution in [0.3, 0.4) is 0 Å². The lowest BCUT2D eigenvalue weighted by atomic mass is 9.97. The third-order valence-corrected chi connectivity index (χ3v) is 4.45. The van der Waals surface area contributed by atoms with Gasteiger partial charge in [0.2, 0.25) is 0 Å². The van der Waals surface area contributed by atoms with Crippen LogP contribution in [0.4, 0.5) is 0 Å². The van der Waals surface area contributed by atoms with Crippen molar-refractivity contribution in [1.82, 2.24) is 0 Å². The van der Waals surface area contributed by atoms with Crippen molar-refractivity contribution < 1.29 is 15.0 Å². The zero-order valence-corrected chi connectivity index (χ0v) is 10.3. The Balaban J connectivity index is 2.00. The third kappa shape index (κ3) is 3.23. The highest BCUT2D eigenvalue weighted by Gasteiger charge is 2.23. The lowest BCUT2D eigenvalue weighted by Gasteiger charge is -2.26. The van der Waals surface area contributed by atoms with Gasteiger partial charge in [-0.1, -0.05) is 12.8 Å². The average Bonchev–Trinajstić information content (AvgIpc) is 2.33. The van der Waals surface area contributed by atoms with Crippen LogP contribution in [0.1, 0.15) is 36.0 Å². The van der Waals surface area contributed by atoms with E-state index in [4.69, 9.17) is 5.11 Å². The Morgan fingerprint density at radius 2 is 1.82 bits per heavy atom. The van der Waals surface area contributed by atoms with Gasteiger partial charge in [0.25, 0.3) is 0 Å². The van der Waals surface area contributed by atoms with Crippen LogP contribution in [0, 0.1) is 0 Å². The van der Waals surface area contributed by atoms with E-state index in [0.29, 0.717) is 5.56 Å². The van der Waals surface area contributed by atoms with Crippen molar-refractivity contribution in [2.45, 2.75) is 41.9 Å². The van der Waals surface area contributed by atoms with Gasteiger partial charge in [-0.05, 0) is 37.1 Å². The fourth-order valence-corrected chi connectivity index (χ4v) is 3.29. The molecule has 2 atom stereocenters. The lowest BCUT2D eigenvalue weighted by molar-refractivity contribution is 0.0697. The van der Waals surface area contributed by atoms with Crippen molar-refractivity contribution >= 4 is 17.7 Å². The van der Waals surface area contributed by atoms with Gasteiger partial charge in [0, 0.05) is 10.1 Å². The first-order chi connectivity index (χ1) is 8.16. The second kappa shape index (κ2) is 5.56. The normalized spacial score (nSPS) is 24.5. The Kier molecular flexibility index (Phi) is 4.07. The molecule has 1 fully saturated rings. The number of carboxylic acids is 1. The standard InChI is InChI=1S/C13H16O3S/c14-11-3-1-2-4-12(11)17-10-7-5-9(6-8-10)13(15)16/h5-8,11-12,14H,1-4H2,(H,15,16). The molecule has 0 spiro atoms. The van der Waals surface area contributed by atoms with Crippen molar-refractivity contribution in [1.29, 1.82) is 0 Å². The number of hydrogen-bond donors (Lipinski definition) is 2. The first kappa shape index (κ1) is 12.5. The molecule has 1 saturated carbocycles. The third-order valence-electron chi connectivity index (χ3n) is 3.06. The summed E-state index contributed by atoms with van der Waals surface area (Å²) in [6, 6.07) is 6.85. The van der Waals surface area contributed by atoms with E-state index in [1.165, 1.54) is 6.42 Å². The molecule has 1 aromatic carbocycles. The van der Waals surface area contributed by atoms with Crippen LogP contribution in [0.25, 0.3) is 0 Å². The van der Waals surface area contributed by atoms with Crippen molar-refractivity contribution in [3.8, 4) is 0 Å². The SMILES string of the molecule is O=C(O)c1ccc(SC2CCCCC2O)cc1. The minimum absolute atomic E-state index is 0.229.